The number of rotatable bonds is 1. The van der Waals surface area contributed by atoms with Crippen molar-refractivity contribution in [1.82, 2.24) is 0 Å². The highest BCUT2D eigenvalue weighted by molar-refractivity contribution is 6.44. The molecule has 0 atom stereocenters. The number of benzene rings is 2. The Labute approximate surface area is 118 Å². The first-order chi connectivity index (χ1) is 7.99. The molecule has 0 aromatic heterocycles. The molecule has 0 aliphatic carbocycles. The van der Waals surface area contributed by atoms with E-state index in [2.05, 4.69) is 0 Å². The average Bonchev–Trinajstić information content (AvgIpc) is 2.27. The van der Waals surface area contributed by atoms with Crippen molar-refractivity contribution in [2.45, 2.75) is 0 Å². The van der Waals surface area contributed by atoms with Crippen LogP contribution in [0, 0.1) is 0 Å². The van der Waals surface area contributed by atoms with E-state index >= 15 is 0 Å². The van der Waals surface area contributed by atoms with Crippen LogP contribution in [0.15, 0.2) is 30.3 Å². The molecule has 0 saturated heterocycles. The maximum atomic E-state index is 9.35. The molecule has 0 heterocycles. The SMILES string of the molecule is Oc1ccc(-c2cc(Cl)c(Cl)cc2Cl)cc1Cl. The van der Waals surface area contributed by atoms with Gasteiger partial charge < -0.3 is 5.11 Å². The fourth-order valence-corrected chi connectivity index (χ4v) is 2.25. The van der Waals surface area contributed by atoms with E-state index in [1.54, 1.807) is 24.3 Å². The molecular formula is C12H6Cl4O. The molecule has 0 bridgehead atoms. The van der Waals surface area contributed by atoms with Crippen molar-refractivity contribution in [3.8, 4) is 16.9 Å². The number of aromatic hydroxyl groups is 1. The Hall–Kier alpha value is -0.600. The van der Waals surface area contributed by atoms with Gasteiger partial charge in [0.25, 0.3) is 0 Å². The van der Waals surface area contributed by atoms with Gasteiger partial charge in [-0.3, -0.25) is 0 Å². The third-order valence-corrected chi connectivity index (χ3v) is 3.61. The molecule has 2 rings (SSSR count). The minimum atomic E-state index is 0.0200. The molecule has 0 aliphatic heterocycles. The van der Waals surface area contributed by atoms with Gasteiger partial charge in [-0.05, 0) is 29.8 Å². The predicted molar refractivity (Wildman–Crippen MR) is 73.6 cm³/mol. The van der Waals surface area contributed by atoms with Crippen LogP contribution in [-0.2, 0) is 0 Å². The number of hydrogen-bond acceptors (Lipinski definition) is 1. The molecule has 0 fully saturated rings. The molecule has 1 N–H and O–H groups in total. The first-order valence-electron chi connectivity index (χ1n) is 4.62. The zero-order valence-corrected chi connectivity index (χ0v) is 11.4. The van der Waals surface area contributed by atoms with Crippen LogP contribution in [0.25, 0.3) is 11.1 Å². The van der Waals surface area contributed by atoms with Gasteiger partial charge in [0.1, 0.15) is 5.75 Å². The normalized spacial score (nSPS) is 10.6. The minimum absolute atomic E-state index is 0.0200. The van der Waals surface area contributed by atoms with Gasteiger partial charge in [-0.1, -0.05) is 52.5 Å². The number of phenols is 1. The lowest BCUT2D eigenvalue weighted by Gasteiger charge is -2.07. The van der Waals surface area contributed by atoms with E-state index in [0.29, 0.717) is 20.6 Å². The standard InChI is InChI=1S/C12H6Cl4O/c13-8-5-10(15)9(14)4-7(8)6-1-2-12(17)11(16)3-6/h1-5,17H. The molecule has 0 amide bonds. The van der Waals surface area contributed by atoms with Gasteiger partial charge in [0, 0.05) is 10.6 Å². The fourth-order valence-electron chi connectivity index (χ4n) is 1.42. The Morgan fingerprint density at radius 2 is 1.35 bits per heavy atom. The van der Waals surface area contributed by atoms with Gasteiger partial charge in [-0.25, -0.2) is 0 Å². The van der Waals surface area contributed by atoms with Gasteiger partial charge >= 0.3 is 0 Å². The fraction of sp³-hybridized carbons (Fsp3) is 0. The maximum Gasteiger partial charge on any atom is 0.134 e. The van der Waals surface area contributed by atoms with Crippen LogP contribution in [-0.4, -0.2) is 5.11 Å². The highest BCUT2D eigenvalue weighted by atomic mass is 35.5. The summed E-state index contributed by atoms with van der Waals surface area (Å²) in [5.74, 6) is 0.0200. The summed E-state index contributed by atoms with van der Waals surface area (Å²) in [6.45, 7) is 0. The second-order valence-corrected chi connectivity index (χ2v) is 5.04. The summed E-state index contributed by atoms with van der Waals surface area (Å²) in [6, 6.07) is 8.04. The van der Waals surface area contributed by atoms with Gasteiger partial charge in [0.05, 0.1) is 15.1 Å². The first-order valence-corrected chi connectivity index (χ1v) is 6.13. The summed E-state index contributed by atoms with van der Waals surface area (Å²) in [7, 11) is 0. The van der Waals surface area contributed by atoms with Crippen molar-refractivity contribution >= 4 is 46.4 Å². The van der Waals surface area contributed by atoms with Crippen molar-refractivity contribution in [3.05, 3.63) is 50.4 Å². The van der Waals surface area contributed by atoms with Crippen LogP contribution in [0.4, 0.5) is 0 Å². The van der Waals surface area contributed by atoms with Crippen molar-refractivity contribution in [2.75, 3.05) is 0 Å². The highest BCUT2D eigenvalue weighted by Gasteiger charge is 2.09. The second kappa shape index (κ2) is 4.95. The first kappa shape index (κ1) is 12.8. The largest absolute Gasteiger partial charge is 0.506 e. The average molecular weight is 308 g/mol. The zero-order chi connectivity index (χ0) is 12.6. The van der Waals surface area contributed by atoms with Crippen LogP contribution in [0.5, 0.6) is 5.75 Å². The Morgan fingerprint density at radius 1 is 0.706 bits per heavy atom. The molecule has 5 heteroatoms. The lowest BCUT2D eigenvalue weighted by atomic mass is 10.1. The smallest absolute Gasteiger partial charge is 0.134 e. The van der Waals surface area contributed by atoms with Crippen molar-refractivity contribution < 1.29 is 5.11 Å². The second-order valence-electron chi connectivity index (χ2n) is 3.41. The van der Waals surface area contributed by atoms with Gasteiger partial charge in [0.15, 0.2) is 0 Å². The molecule has 0 radical (unpaired) electrons. The summed E-state index contributed by atoms with van der Waals surface area (Å²) in [5, 5.41) is 10.9. The third-order valence-electron chi connectivity index (χ3n) is 2.27. The molecule has 88 valence electrons. The van der Waals surface area contributed by atoms with E-state index in [1.807, 2.05) is 0 Å². The van der Waals surface area contributed by atoms with E-state index in [0.717, 1.165) is 5.56 Å². The van der Waals surface area contributed by atoms with E-state index in [1.165, 1.54) is 6.07 Å². The van der Waals surface area contributed by atoms with Crippen LogP contribution in [0.2, 0.25) is 20.1 Å². The maximum absolute atomic E-state index is 9.35. The number of halogens is 4. The summed E-state index contributed by atoms with van der Waals surface area (Å²) in [4.78, 5) is 0. The Balaban J connectivity index is 2.60. The third kappa shape index (κ3) is 2.63. The molecule has 0 spiro atoms. The van der Waals surface area contributed by atoms with Gasteiger partial charge in [-0.2, -0.15) is 0 Å². The molecule has 2 aromatic rings. The molecular weight excluding hydrogens is 302 g/mol. The molecule has 0 aliphatic rings. The molecule has 17 heavy (non-hydrogen) atoms. The molecule has 1 nitrogen and oxygen atoms in total. The topological polar surface area (TPSA) is 20.2 Å². The lowest BCUT2D eigenvalue weighted by molar-refractivity contribution is 0.475. The summed E-state index contributed by atoms with van der Waals surface area (Å²) < 4.78 is 0. The summed E-state index contributed by atoms with van der Waals surface area (Å²) in [5.41, 5.74) is 1.47. The van der Waals surface area contributed by atoms with Gasteiger partial charge in [-0.15, -0.1) is 0 Å². The van der Waals surface area contributed by atoms with Crippen molar-refractivity contribution in [1.29, 1.82) is 0 Å². The van der Waals surface area contributed by atoms with E-state index in [-0.39, 0.29) is 10.8 Å². The van der Waals surface area contributed by atoms with Crippen LogP contribution in [0.1, 0.15) is 0 Å². The van der Waals surface area contributed by atoms with Crippen molar-refractivity contribution in [3.63, 3.8) is 0 Å². The highest BCUT2D eigenvalue weighted by Crippen LogP contribution is 2.37. The molecule has 0 unspecified atom stereocenters. The van der Waals surface area contributed by atoms with Crippen LogP contribution in [0.3, 0.4) is 0 Å². The van der Waals surface area contributed by atoms with Crippen LogP contribution < -0.4 is 0 Å². The van der Waals surface area contributed by atoms with Crippen LogP contribution >= 0.6 is 46.4 Å². The van der Waals surface area contributed by atoms with Gasteiger partial charge in [0.2, 0.25) is 0 Å². The number of phenolic OH excluding ortho intramolecular Hbond substituents is 1. The Bertz CT molecular complexity index is 581. The summed E-state index contributed by atoms with van der Waals surface area (Å²) in [6.07, 6.45) is 0. The minimum Gasteiger partial charge on any atom is -0.506 e. The predicted octanol–water partition coefficient (Wildman–Crippen LogP) is 5.67. The monoisotopic (exact) mass is 306 g/mol. The Morgan fingerprint density at radius 3 is 2.00 bits per heavy atom. The Kier molecular flexibility index (Phi) is 3.74. The number of hydrogen-bond donors (Lipinski definition) is 1. The molecule has 0 saturated carbocycles. The lowest BCUT2D eigenvalue weighted by Crippen LogP contribution is -1.82. The quantitative estimate of drug-likeness (QED) is 0.673. The van der Waals surface area contributed by atoms with Crippen molar-refractivity contribution in [2.24, 2.45) is 0 Å². The molecule has 2 aromatic carbocycles. The van der Waals surface area contributed by atoms with E-state index in [4.69, 9.17) is 46.4 Å². The van der Waals surface area contributed by atoms with E-state index < -0.39 is 0 Å². The summed E-state index contributed by atoms with van der Waals surface area (Å²) >= 11 is 23.7. The van der Waals surface area contributed by atoms with E-state index in [9.17, 15) is 5.11 Å². The zero-order valence-electron chi connectivity index (χ0n) is 8.35.